The number of para-hydroxylation sites is 1. The van der Waals surface area contributed by atoms with Gasteiger partial charge in [-0.05, 0) is 37.6 Å². The number of rotatable bonds is 2. The largest absolute Gasteiger partial charge is 0.358 e. The van der Waals surface area contributed by atoms with Gasteiger partial charge in [-0.3, -0.25) is 4.79 Å². The zero-order valence-electron chi connectivity index (χ0n) is 11.4. The van der Waals surface area contributed by atoms with E-state index < -0.39 is 0 Å². The number of hydrogen-bond donors (Lipinski definition) is 2. The minimum atomic E-state index is 0.0185. The summed E-state index contributed by atoms with van der Waals surface area (Å²) in [6.07, 6.45) is 0. The molecule has 2 aromatic carbocycles. The zero-order chi connectivity index (χ0) is 14.3. The average molecular weight is 281 g/mol. The molecule has 0 aliphatic heterocycles. The van der Waals surface area contributed by atoms with E-state index in [4.69, 9.17) is 0 Å². The maximum absolute atomic E-state index is 12.8. The number of fused-ring (bicyclic) bond motifs is 1. The van der Waals surface area contributed by atoms with E-state index in [0.29, 0.717) is 5.56 Å². The smallest absolute Gasteiger partial charge is 0.196 e. The second-order valence-corrected chi connectivity index (χ2v) is 5.50. The molecule has 3 rings (SSSR count). The Labute approximate surface area is 123 Å². The highest BCUT2D eigenvalue weighted by Gasteiger charge is 2.19. The monoisotopic (exact) mass is 281 g/mol. The lowest BCUT2D eigenvalue weighted by atomic mass is 9.99. The van der Waals surface area contributed by atoms with Crippen molar-refractivity contribution in [3.05, 3.63) is 64.8 Å². The molecular formula is C17H15NOS. The van der Waals surface area contributed by atoms with E-state index >= 15 is 0 Å². The lowest BCUT2D eigenvalue weighted by molar-refractivity contribution is 0.103. The molecule has 100 valence electrons. The van der Waals surface area contributed by atoms with Crippen LogP contribution in [-0.2, 0) is 0 Å². The Hall–Kier alpha value is -2.00. The van der Waals surface area contributed by atoms with Gasteiger partial charge in [0.1, 0.15) is 0 Å². The van der Waals surface area contributed by atoms with Gasteiger partial charge < -0.3 is 4.98 Å². The van der Waals surface area contributed by atoms with Gasteiger partial charge in [0.05, 0.1) is 5.56 Å². The van der Waals surface area contributed by atoms with Gasteiger partial charge in [-0.25, -0.2) is 0 Å². The Balaban J connectivity index is 2.20. The molecule has 0 saturated carbocycles. The summed E-state index contributed by atoms with van der Waals surface area (Å²) in [5.41, 5.74) is 4.36. The van der Waals surface area contributed by atoms with Crippen molar-refractivity contribution in [1.82, 2.24) is 4.98 Å². The molecule has 0 aliphatic rings. The summed E-state index contributed by atoms with van der Waals surface area (Å²) in [6, 6.07) is 13.6. The van der Waals surface area contributed by atoms with Crippen molar-refractivity contribution in [2.45, 2.75) is 18.7 Å². The van der Waals surface area contributed by atoms with Crippen LogP contribution in [0.3, 0.4) is 0 Å². The predicted octanol–water partition coefficient (Wildman–Crippen LogP) is 4.30. The third-order valence-electron chi connectivity index (χ3n) is 3.52. The highest BCUT2D eigenvalue weighted by molar-refractivity contribution is 7.80. The van der Waals surface area contributed by atoms with Crippen molar-refractivity contribution in [3.8, 4) is 0 Å². The topological polar surface area (TPSA) is 32.9 Å². The van der Waals surface area contributed by atoms with E-state index in [0.717, 1.165) is 32.6 Å². The van der Waals surface area contributed by atoms with Crippen molar-refractivity contribution >= 4 is 29.3 Å². The molecule has 0 spiro atoms. The van der Waals surface area contributed by atoms with Gasteiger partial charge in [0.15, 0.2) is 5.78 Å². The molecule has 0 unspecified atom stereocenters. The highest BCUT2D eigenvalue weighted by Crippen LogP contribution is 2.27. The van der Waals surface area contributed by atoms with Crippen LogP contribution in [0, 0.1) is 13.8 Å². The third-order valence-corrected chi connectivity index (χ3v) is 3.89. The molecule has 1 heterocycles. The Bertz CT molecular complexity index is 817. The van der Waals surface area contributed by atoms with Gasteiger partial charge in [0.2, 0.25) is 0 Å². The van der Waals surface area contributed by atoms with E-state index in [1.54, 1.807) is 0 Å². The number of H-pyrrole nitrogens is 1. The first-order chi connectivity index (χ1) is 9.58. The fourth-order valence-electron chi connectivity index (χ4n) is 2.54. The van der Waals surface area contributed by atoms with Gasteiger partial charge in [0.25, 0.3) is 0 Å². The molecular weight excluding hydrogens is 266 g/mol. The molecule has 0 radical (unpaired) electrons. The molecule has 0 bridgehead atoms. The van der Waals surface area contributed by atoms with Crippen LogP contribution in [0.15, 0.2) is 47.4 Å². The normalized spacial score (nSPS) is 10.9. The summed E-state index contributed by atoms with van der Waals surface area (Å²) in [4.78, 5) is 16.8. The van der Waals surface area contributed by atoms with Gasteiger partial charge >= 0.3 is 0 Å². The number of thiol groups is 1. The Morgan fingerprint density at radius 1 is 1.10 bits per heavy atom. The maximum Gasteiger partial charge on any atom is 0.196 e. The van der Waals surface area contributed by atoms with Crippen LogP contribution >= 0.6 is 12.6 Å². The zero-order valence-corrected chi connectivity index (χ0v) is 12.3. The number of benzene rings is 2. The first kappa shape index (κ1) is 13.0. The first-order valence-corrected chi connectivity index (χ1v) is 6.94. The van der Waals surface area contributed by atoms with Crippen molar-refractivity contribution in [3.63, 3.8) is 0 Å². The van der Waals surface area contributed by atoms with Gasteiger partial charge in [0, 0.05) is 27.1 Å². The molecule has 20 heavy (non-hydrogen) atoms. The fourth-order valence-corrected chi connectivity index (χ4v) is 2.92. The summed E-state index contributed by atoms with van der Waals surface area (Å²) in [5, 5.41) is 0.961. The van der Waals surface area contributed by atoms with E-state index in [-0.39, 0.29) is 5.78 Å². The van der Waals surface area contributed by atoms with Crippen LogP contribution < -0.4 is 0 Å². The number of hydrogen-bond acceptors (Lipinski definition) is 2. The van der Waals surface area contributed by atoms with E-state index in [9.17, 15) is 4.79 Å². The van der Waals surface area contributed by atoms with Gasteiger partial charge in [-0.1, -0.05) is 24.3 Å². The van der Waals surface area contributed by atoms with Crippen LogP contribution in [-0.4, -0.2) is 10.8 Å². The number of nitrogens with one attached hydrogen (secondary N) is 1. The second kappa shape index (κ2) is 4.84. The molecule has 0 fully saturated rings. The summed E-state index contributed by atoms with van der Waals surface area (Å²) in [7, 11) is 0. The quantitative estimate of drug-likeness (QED) is 0.532. The summed E-state index contributed by atoms with van der Waals surface area (Å²) in [6.45, 7) is 3.92. The van der Waals surface area contributed by atoms with Crippen LogP contribution in [0.2, 0.25) is 0 Å². The van der Waals surface area contributed by atoms with Crippen LogP contribution in [0.1, 0.15) is 27.2 Å². The van der Waals surface area contributed by atoms with Crippen molar-refractivity contribution < 1.29 is 4.79 Å². The van der Waals surface area contributed by atoms with Crippen LogP contribution in [0.25, 0.3) is 10.9 Å². The molecule has 2 nitrogen and oxygen atoms in total. The maximum atomic E-state index is 12.8. The first-order valence-electron chi connectivity index (χ1n) is 6.49. The minimum Gasteiger partial charge on any atom is -0.358 e. The molecule has 3 heteroatoms. The standard InChI is InChI=1S/C17H15NOS/c1-10-7-8-13(15(20)9-10)17(19)16-11(2)18-14-6-4-3-5-12(14)16/h3-9,18,20H,1-2H3. The average Bonchev–Trinajstić information content (AvgIpc) is 2.73. The molecule has 0 atom stereocenters. The third kappa shape index (κ3) is 2.04. The van der Waals surface area contributed by atoms with Crippen molar-refractivity contribution in [2.75, 3.05) is 0 Å². The number of aromatic amines is 1. The summed E-state index contributed by atoms with van der Waals surface area (Å²) in [5.74, 6) is 0.0185. The van der Waals surface area contributed by atoms with Crippen molar-refractivity contribution in [2.24, 2.45) is 0 Å². The summed E-state index contributed by atoms with van der Waals surface area (Å²) >= 11 is 4.44. The Morgan fingerprint density at radius 2 is 1.85 bits per heavy atom. The number of carbonyl (C=O) groups is 1. The lowest BCUT2D eigenvalue weighted by Gasteiger charge is -2.06. The fraction of sp³-hybridized carbons (Fsp3) is 0.118. The molecule has 0 aliphatic carbocycles. The highest BCUT2D eigenvalue weighted by atomic mass is 32.1. The summed E-state index contributed by atoms with van der Waals surface area (Å²) < 4.78 is 0. The second-order valence-electron chi connectivity index (χ2n) is 5.02. The molecule has 3 aromatic rings. The molecule has 0 saturated heterocycles. The van der Waals surface area contributed by atoms with Crippen LogP contribution in [0.4, 0.5) is 0 Å². The lowest BCUT2D eigenvalue weighted by Crippen LogP contribution is -2.04. The SMILES string of the molecule is Cc1ccc(C(=O)c2c(C)[nH]c3ccccc23)c(S)c1. The van der Waals surface area contributed by atoms with E-state index in [2.05, 4.69) is 17.6 Å². The number of carbonyl (C=O) groups excluding carboxylic acids is 1. The van der Waals surface area contributed by atoms with Crippen molar-refractivity contribution in [1.29, 1.82) is 0 Å². The molecule has 1 N–H and O–H groups in total. The van der Waals surface area contributed by atoms with E-state index in [1.807, 2.05) is 56.3 Å². The van der Waals surface area contributed by atoms with E-state index in [1.165, 1.54) is 0 Å². The number of aryl methyl sites for hydroxylation is 2. The predicted molar refractivity (Wildman–Crippen MR) is 84.9 cm³/mol. The molecule has 1 aromatic heterocycles. The van der Waals surface area contributed by atoms with Crippen LogP contribution in [0.5, 0.6) is 0 Å². The number of ketones is 1. The Morgan fingerprint density at radius 3 is 2.60 bits per heavy atom. The van der Waals surface area contributed by atoms with Gasteiger partial charge in [-0.15, -0.1) is 12.6 Å². The Kier molecular flexibility index (Phi) is 3.14. The number of aromatic nitrogens is 1. The minimum absolute atomic E-state index is 0.0185. The van der Waals surface area contributed by atoms with Gasteiger partial charge in [-0.2, -0.15) is 0 Å². The molecule has 0 amide bonds.